The molecular formula is C25H27N3O8. The zero-order valence-corrected chi connectivity index (χ0v) is 19.9. The van der Waals surface area contributed by atoms with Gasteiger partial charge in [-0.3, -0.25) is 29.6 Å². The first-order chi connectivity index (χ1) is 17.3. The van der Waals surface area contributed by atoms with Crippen LogP contribution in [0.3, 0.4) is 0 Å². The van der Waals surface area contributed by atoms with E-state index in [0.29, 0.717) is 30.0 Å². The molecule has 0 unspecified atom stereocenters. The monoisotopic (exact) mass is 497 g/mol. The zero-order valence-electron chi connectivity index (χ0n) is 19.9. The van der Waals surface area contributed by atoms with E-state index in [9.17, 15) is 24.0 Å². The molecule has 1 aliphatic rings. The summed E-state index contributed by atoms with van der Waals surface area (Å²) in [6, 6.07) is 12.6. The molecule has 2 aromatic rings. The number of para-hydroxylation sites is 1. The van der Waals surface area contributed by atoms with E-state index in [1.54, 1.807) is 24.3 Å². The predicted octanol–water partition coefficient (Wildman–Crippen LogP) is 1.94. The number of benzene rings is 2. The summed E-state index contributed by atoms with van der Waals surface area (Å²) in [4.78, 5) is 61.2. The maximum Gasteiger partial charge on any atom is 0.338 e. The highest BCUT2D eigenvalue weighted by Crippen LogP contribution is 2.20. The van der Waals surface area contributed by atoms with Gasteiger partial charge in [-0.2, -0.15) is 0 Å². The van der Waals surface area contributed by atoms with E-state index in [0.717, 1.165) is 5.01 Å². The predicted molar refractivity (Wildman–Crippen MR) is 127 cm³/mol. The third kappa shape index (κ3) is 6.81. The van der Waals surface area contributed by atoms with E-state index in [2.05, 4.69) is 10.7 Å². The maximum absolute atomic E-state index is 12.5. The quantitative estimate of drug-likeness (QED) is 0.475. The molecule has 3 amide bonds. The second-order valence-corrected chi connectivity index (χ2v) is 7.92. The fourth-order valence-electron chi connectivity index (χ4n) is 3.41. The van der Waals surface area contributed by atoms with Gasteiger partial charge in [-0.1, -0.05) is 19.1 Å². The molecule has 0 aromatic heterocycles. The Morgan fingerprint density at radius 2 is 1.75 bits per heavy atom. The second-order valence-electron chi connectivity index (χ2n) is 7.92. The van der Waals surface area contributed by atoms with E-state index in [4.69, 9.17) is 14.2 Å². The van der Waals surface area contributed by atoms with Gasteiger partial charge in [-0.25, -0.2) is 4.79 Å². The van der Waals surface area contributed by atoms with E-state index >= 15 is 0 Å². The van der Waals surface area contributed by atoms with Gasteiger partial charge in [0.2, 0.25) is 5.91 Å². The number of hydrazine groups is 1. The highest BCUT2D eigenvalue weighted by molar-refractivity contribution is 5.99. The van der Waals surface area contributed by atoms with Crippen molar-refractivity contribution in [3.05, 3.63) is 59.7 Å². The molecule has 0 saturated carbocycles. The van der Waals surface area contributed by atoms with Crippen LogP contribution in [-0.2, 0) is 23.9 Å². The molecule has 2 N–H and O–H groups in total. The smallest absolute Gasteiger partial charge is 0.338 e. The molecule has 0 aliphatic carbocycles. The lowest BCUT2D eigenvalue weighted by atomic mass is 10.1. The minimum absolute atomic E-state index is 0.0875. The molecule has 0 spiro atoms. The Balaban J connectivity index is 1.46. The van der Waals surface area contributed by atoms with Gasteiger partial charge in [0, 0.05) is 12.1 Å². The first-order valence-electron chi connectivity index (χ1n) is 11.3. The van der Waals surface area contributed by atoms with Gasteiger partial charge in [0.1, 0.15) is 5.75 Å². The van der Waals surface area contributed by atoms with Crippen molar-refractivity contribution >= 4 is 35.3 Å². The van der Waals surface area contributed by atoms with Gasteiger partial charge in [-0.15, -0.1) is 0 Å². The van der Waals surface area contributed by atoms with Crippen LogP contribution in [0.25, 0.3) is 0 Å². The molecule has 0 bridgehead atoms. The Morgan fingerprint density at radius 3 is 2.44 bits per heavy atom. The summed E-state index contributed by atoms with van der Waals surface area (Å²) in [6.45, 7) is 1.56. The molecule has 11 nitrogen and oxygen atoms in total. The zero-order chi connectivity index (χ0) is 26.1. The third-order valence-corrected chi connectivity index (χ3v) is 5.23. The summed E-state index contributed by atoms with van der Waals surface area (Å²) in [5.41, 5.74) is 3.46. The van der Waals surface area contributed by atoms with Gasteiger partial charge in [0.15, 0.2) is 6.61 Å². The number of hydrogen-bond donors (Lipinski definition) is 2. The van der Waals surface area contributed by atoms with Crippen molar-refractivity contribution in [1.82, 2.24) is 10.4 Å². The minimum atomic E-state index is -0.836. The average molecular weight is 498 g/mol. The average Bonchev–Trinajstić information content (AvgIpc) is 3.26. The Kier molecular flexibility index (Phi) is 8.98. The van der Waals surface area contributed by atoms with E-state index in [-0.39, 0.29) is 18.5 Å². The van der Waals surface area contributed by atoms with Crippen LogP contribution in [0, 0.1) is 5.92 Å². The van der Waals surface area contributed by atoms with Crippen LogP contribution in [0.1, 0.15) is 40.5 Å². The number of rotatable bonds is 10. The Morgan fingerprint density at radius 1 is 1.03 bits per heavy atom. The highest BCUT2D eigenvalue weighted by atomic mass is 16.5. The number of methoxy groups -OCH3 is 1. The van der Waals surface area contributed by atoms with Crippen molar-refractivity contribution in [1.29, 1.82) is 0 Å². The van der Waals surface area contributed by atoms with Crippen LogP contribution in [0.2, 0.25) is 0 Å². The summed E-state index contributed by atoms with van der Waals surface area (Å²) >= 11 is 0. The van der Waals surface area contributed by atoms with E-state index in [1.165, 1.54) is 31.4 Å². The standard InChI is InChI=1S/C25H27N3O8/c1-3-12-35-24(32)16-8-10-18(11-9-16)26-21(29)15-36-25(33)17-13-22(30)28(14-17)27-23(31)19-6-4-5-7-20(19)34-2/h4-11,17H,3,12-15H2,1-2H3,(H,26,29)(H,27,31)/t17-/m0/s1. The third-order valence-electron chi connectivity index (χ3n) is 5.23. The summed E-state index contributed by atoms with van der Waals surface area (Å²) in [6.07, 6.45) is 0.547. The van der Waals surface area contributed by atoms with Crippen molar-refractivity contribution in [2.24, 2.45) is 5.92 Å². The van der Waals surface area contributed by atoms with Gasteiger partial charge in [0.05, 0.1) is 37.3 Å². The van der Waals surface area contributed by atoms with Gasteiger partial charge in [-0.05, 0) is 42.8 Å². The lowest BCUT2D eigenvalue weighted by Crippen LogP contribution is -2.43. The van der Waals surface area contributed by atoms with Crippen LogP contribution in [0.4, 0.5) is 5.69 Å². The van der Waals surface area contributed by atoms with Crippen molar-refractivity contribution < 1.29 is 38.2 Å². The fourth-order valence-corrected chi connectivity index (χ4v) is 3.41. The summed E-state index contributed by atoms with van der Waals surface area (Å²) in [5, 5.41) is 3.60. The topological polar surface area (TPSA) is 140 Å². The van der Waals surface area contributed by atoms with Gasteiger partial charge >= 0.3 is 11.9 Å². The Bertz CT molecular complexity index is 1130. The Hall–Kier alpha value is -4.41. The normalized spacial score (nSPS) is 14.7. The molecule has 190 valence electrons. The lowest BCUT2D eigenvalue weighted by molar-refractivity contribution is -0.151. The molecule has 36 heavy (non-hydrogen) atoms. The molecule has 2 aromatic carbocycles. The van der Waals surface area contributed by atoms with Gasteiger partial charge in [0.25, 0.3) is 11.8 Å². The fraction of sp³-hybridized carbons (Fsp3) is 0.320. The molecule has 3 rings (SSSR count). The van der Waals surface area contributed by atoms with Crippen LogP contribution < -0.4 is 15.5 Å². The molecule has 1 fully saturated rings. The second kappa shape index (κ2) is 12.3. The van der Waals surface area contributed by atoms with Crippen LogP contribution >= 0.6 is 0 Å². The largest absolute Gasteiger partial charge is 0.496 e. The highest BCUT2D eigenvalue weighted by Gasteiger charge is 2.37. The number of ether oxygens (including phenoxy) is 3. The van der Waals surface area contributed by atoms with Crippen LogP contribution in [0.5, 0.6) is 5.75 Å². The van der Waals surface area contributed by atoms with E-state index < -0.39 is 42.2 Å². The van der Waals surface area contributed by atoms with Crippen molar-refractivity contribution in [3.8, 4) is 5.75 Å². The molecule has 0 radical (unpaired) electrons. The van der Waals surface area contributed by atoms with E-state index in [1.807, 2.05) is 6.92 Å². The lowest BCUT2D eigenvalue weighted by Gasteiger charge is -2.18. The Labute approximate surface area is 207 Å². The summed E-state index contributed by atoms with van der Waals surface area (Å²) < 4.78 is 15.2. The number of carbonyl (C=O) groups excluding carboxylic acids is 5. The number of amides is 3. The van der Waals surface area contributed by atoms with Crippen molar-refractivity contribution in [2.75, 3.05) is 32.2 Å². The maximum atomic E-state index is 12.5. The number of hydrogen-bond acceptors (Lipinski definition) is 8. The van der Waals surface area contributed by atoms with Gasteiger partial charge < -0.3 is 19.5 Å². The molecular weight excluding hydrogens is 470 g/mol. The van der Waals surface area contributed by atoms with Crippen molar-refractivity contribution in [3.63, 3.8) is 0 Å². The first-order valence-corrected chi connectivity index (χ1v) is 11.3. The number of nitrogens with zero attached hydrogens (tertiary/aromatic N) is 1. The molecule has 1 heterocycles. The molecule has 1 saturated heterocycles. The number of carbonyl (C=O) groups is 5. The number of nitrogens with one attached hydrogen (secondary N) is 2. The van der Waals surface area contributed by atoms with Crippen LogP contribution in [-0.4, -0.2) is 61.5 Å². The minimum Gasteiger partial charge on any atom is -0.496 e. The summed E-state index contributed by atoms with van der Waals surface area (Å²) in [5.74, 6) is -3.29. The van der Waals surface area contributed by atoms with Crippen molar-refractivity contribution in [2.45, 2.75) is 19.8 Å². The SMILES string of the molecule is CCCOC(=O)c1ccc(NC(=O)COC(=O)[C@H]2CC(=O)N(NC(=O)c3ccccc3OC)C2)cc1. The van der Waals surface area contributed by atoms with Crippen LogP contribution in [0.15, 0.2) is 48.5 Å². The summed E-state index contributed by atoms with van der Waals surface area (Å²) in [7, 11) is 1.43. The molecule has 11 heteroatoms. The first kappa shape index (κ1) is 26.2. The number of esters is 2. The molecule has 1 aliphatic heterocycles. The molecule has 1 atom stereocenters. The number of anilines is 1.